The minimum absolute atomic E-state index is 0.135. The van der Waals surface area contributed by atoms with Gasteiger partial charge in [0.25, 0.3) is 5.91 Å². The third-order valence-electron chi connectivity index (χ3n) is 7.12. The van der Waals surface area contributed by atoms with Crippen LogP contribution in [0, 0.1) is 0 Å². The van der Waals surface area contributed by atoms with E-state index in [-0.39, 0.29) is 18.1 Å². The maximum atomic E-state index is 13.0. The summed E-state index contributed by atoms with van der Waals surface area (Å²) < 4.78 is 16.1. The monoisotopic (exact) mass is 500 g/mol. The van der Waals surface area contributed by atoms with Crippen molar-refractivity contribution in [2.45, 2.75) is 44.8 Å². The number of amides is 1. The first kappa shape index (κ1) is 23.8. The van der Waals surface area contributed by atoms with Gasteiger partial charge in [-0.25, -0.2) is 4.98 Å². The fraction of sp³-hybridized carbons (Fsp3) is 0.393. The summed E-state index contributed by atoms with van der Waals surface area (Å²) in [7, 11) is 1.89. The highest BCUT2D eigenvalue weighted by Gasteiger charge is 2.42. The second kappa shape index (κ2) is 9.41. The van der Waals surface area contributed by atoms with Crippen LogP contribution >= 0.6 is 0 Å². The lowest BCUT2D eigenvalue weighted by molar-refractivity contribution is -0.147. The zero-order chi connectivity index (χ0) is 25.6. The minimum Gasteiger partial charge on any atom is -0.348 e. The Kier molecular flexibility index (Phi) is 6.06. The summed E-state index contributed by atoms with van der Waals surface area (Å²) in [4.78, 5) is 19.9. The number of aromatic nitrogens is 4. The molecule has 5 heterocycles. The van der Waals surface area contributed by atoms with E-state index >= 15 is 0 Å². The fourth-order valence-electron chi connectivity index (χ4n) is 5.33. The number of carbonyl (C=O) groups is 1. The predicted molar refractivity (Wildman–Crippen MR) is 139 cm³/mol. The molecule has 0 radical (unpaired) electrons. The Morgan fingerprint density at radius 1 is 1.05 bits per heavy atom. The van der Waals surface area contributed by atoms with Gasteiger partial charge >= 0.3 is 0 Å². The molecule has 1 aromatic carbocycles. The van der Waals surface area contributed by atoms with E-state index in [9.17, 15) is 4.79 Å². The Balaban J connectivity index is 1.11. The van der Waals surface area contributed by atoms with E-state index in [4.69, 9.17) is 9.47 Å². The molecule has 6 rings (SSSR count). The van der Waals surface area contributed by atoms with E-state index < -0.39 is 5.79 Å². The van der Waals surface area contributed by atoms with Crippen molar-refractivity contribution >= 4 is 11.6 Å². The molecule has 2 atom stereocenters. The summed E-state index contributed by atoms with van der Waals surface area (Å²) in [5, 5.41) is 7.25. The van der Waals surface area contributed by atoms with Gasteiger partial charge in [0.15, 0.2) is 5.79 Å². The molecule has 9 nitrogen and oxygen atoms in total. The van der Waals surface area contributed by atoms with Crippen molar-refractivity contribution in [2.75, 3.05) is 19.6 Å². The predicted octanol–water partition coefficient (Wildman–Crippen LogP) is 3.04. The molecular weight excluding hydrogens is 468 g/mol. The number of benzene rings is 1. The average Bonchev–Trinajstić information content (AvgIpc) is 3.58. The lowest BCUT2D eigenvalue weighted by Gasteiger charge is -2.31. The Morgan fingerprint density at radius 2 is 1.86 bits per heavy atom. The van der Waals surface area contributed by atoms with Crippen LogP contribution in [0.1, 0.15) is 35.5 Å². The van der Waals surface area contributed by atoms with Gasteiger partial charge in [0, 0.05) is 62.9 Å². The van der Waals surface area contributed by atoms with Crippen LogP contribution in [0.25, 0.3) is 16.8 Å². The molecule has 2 aliphatic heterocycles. The molecule has 9 heteroatoms. The number of aryl methyl sites for hydroxylation is 1. The number of fused-ring (bicyclic) bond motifs is 2. The Labute approximate surface area is 216 Å². The average molecular weight is 501 g/mol. The molecule has 3 aromatic heterocycles. The van der Waals surface area contributed by atoms with E-state index in [1.807, 2.05) is 56.0 Å². The third kappa shape index (κ3) is 5.02. The molecule has 1 amide bonds. The first-order valence-corrected chi connectivity index (χ1v) is 12.7. The molecular formula is C28H32N6O3. The summed E-state index contributed by atoms with van der Waals surface area (Å²) in [5.41, 5.74) is 5.88. The quantitative estimate of drug-likeness (QED) is 0.438. The number of pyridine rings is 1. The number of rotatable bonds is 6. The maximum absolute atomic E-state index is 13.0. The molecule has 1 fully saturated rings. The number of nitrogens with zero attached hydrogens (tertiary/aromatic N) is 5. The molecule has 0 saturated carbocycles. The van der Waals surface area contributed by atoms with Gasteiger partial charge in [-0.15, -0.1) is 0 Å². The number of nitrogens with one attached hydrogen (secondary N) is 1. The van der Waals surface area contributed by atoms with Crippen molar-refractivity contribution in [2.24, 2.45) is 7.05 Å². The second-order valence-corrected chi connectivity index (χ2v) is 10.4. The van der Waals surface area contributed by atoms with E-state index in [1.54, 1.807) is 10.9 Å². The largest absolute Gasteiger partial charge is 0.348 e. The van der Waals surface area contributed by atoms with E-state index in [2.05, 4.69) is 44.6 Å². The highest BCUT2D eigenvalue weighted by atomic mass is 16.8. The maximum Gasteiger partial charge on any atom is 0.271 e. The normalized spacial score (nSPS) is 21.3. The van der Waals surface area contributed by atoms with Crippen LogP contribution in [0.4, 0.5) is 0 Å². The Bertz CT molecular complexity index is 1440. The van der Waals surface area contributed by atoms with Crippen molar-refractivity contribution < 1.29 is 14.3 Å². The fourth-order valence-corrected chi connectivity index (χ4v) is 5.33. The highest BCUT2D eigenvalue weighted by molar-refractivity contribution is 5.93. The molecule has 4 aromatic rings. The van der Waals surface area contributed by atoms with Crippen molar-refractivity contribution in [1.29, 1.82) is 0 Å². The first-order valence-electron chi connectivity index (χ1n) is 12.7. The van der Waals surface area contributed by atoms with Gasteiger partial charge in [0.2, 0.25) is 0 Å². The van der Waals surface area contributed by atoms with Gasteiger partial charge in [-0.05, 0) is 43.5 Å². The van der Waals surface area contributed by atoms with E-state index in [0.717, 1.165) is 37.2 Å². The first-order chi connectivity index (χ1) is 17.8. The Morgan fingerprint density at radius 3 is 2.68 bits per heavy atom. The molecule has 2 aliphatic rings. The number of hydrogen-bond acceptors (Lipinski definition) is 6. The van der Waals surface area contributed by atoms with Crippen LogP contribution in [-0.2, 0) is 29.5 Å². The van der Waals surface area contributed by atoms with Gasteiger partial charge in [0.05, 0.1) is 6.20 Å². The van der Waals surface area contributed by atoms with Crippen LogP contribution in [-0.4, -0.2) is 67.6 Å². The lowest BCUT2D eigenvalue weighted by Crippen LogP contribution is -2.44. The summed E-state index contributed by atoms with van der Waals surface area (Å²) in [5.74, 6) is -0.926. The number of carbonyl (C=O) groups excluding carboxylic acids is 1. The number of ether oxygens (including phenoxy) is 2. The zero-order valence-corrected chi connectivity index (χ0v) is 21.4. The van der Waals surface area contributed by atoms with Gasteiger partial charge in [-0.1, -0.05) is 24.3 Å². The minimum atomic E-state index is -0.695. The van der Waals surface area contributed by atoms with Gasteiger partial charge in [-0.2, -0.15) is 5.10 Å². The smallest absolute Gasteiger partial charge is 0.271 e. The van der Waals surface area contributed by atoms with Gasteiger partial charge < -0.3 is 19.2 Å². The third-order valence-corrected chi connectivity index (χ3v) is 7.12. The summed E-state index contributed by atoms with van der Waals surface area (Å²) in [6.07, 6.45) is 8.13. The summed E-state index contributed by atoms with van der Waals surface area (Å²) in [6, 6.07) is 12.5. The van der Waals surface area contributed by atoms with Crippen molar-refractivity contribution in [3.05, 3.63) is 78.0 Å². The molecule has 0 bridgehead atoms. The summed E-state index contributed by atoms with van der Waals surface area (Å²) in [6.45, 7) is 6.84. The molecule has 0 unspecified atom stereocenters. The second-order valence-electron chi connectivity index (χ2n) is 10.4. The molecule has 0 spiro atoms. The number of imidazole rings is 1. The van der Waals surface area contributed by atoms with Gasteiger partial charge in [0.1, 0.15) is 23.5 Å². The number of hydrogen-bond donors (Lipinski definition) is 1. The van der Waals surface area contributed by atoms with Crippen LogP contribution in [0.2, 0.25) is 0 Å². The van der Waals surface area contributed by atoms with Crippen LogP contribution in [0.3, 0.4) is 0 Å². The van der Waals surface area contributed by atoms with Crippen molar-refractivity contribution in [1.82, 2.24) is 29.4 Å². The molecule has 0 aliphatic carbocycles. The zero-order valence-electron chi connectivity index (χ0n) is 21.4. The van der Waals surface area contributed by atoms with Crippen LogP contribution in [0.5, 0.6) is 0 Å². The molecule has 1 saturated heterocycles. The van der Waals surface area contributed by atoms with Crippen LogP contribution in [0.15, 0.2) is 61.2 Å². The molecule has 37 heavy (non-hydrogen) atoms. The van der Waals surface area contributed by atoms with Crippen molar-refractivity contribution in [3.63, 3.8) is 0 Å². The van der Waals surface area contributed by atoms with E-state index in [0.29, 0.717) is 17.9 Å². The molecule has 192 valence electrons. The van der Waals surface area contributed by atoms with E-state index in [1.165, 1.54) is 11.1 Å². The van der Waals surface area contributed by atoms with Gasteiger partial charge in [-0.3, -0.25) is 14.4 Å². The lowest BCUT2D eigenvalue weighted by atomic mass is 9.99. The topological polar surface area (TPSA) is 85.9 Å². The Hall–Kier alpha value is -3.53. The standard InChI is InChI=1S/C28H32N6O3/c1-28(2)36-24(25(37-28)18-33-11-10-19-6-4-5-7-20(19)15-33)13-29-27(35)23-17-34-16-21(8-9-26(34)31-23)22-12-30-32(3)14-22/h4-9,12,14,16-17,24-25H,10-11,13,15,18H2,1-3H3,(H,29,35)/t24-,25-/m0/s1. The molecule has 1 N–H and O–H groups in total. The van der Waals surface area contributed by atoms with Crippen molar-refractivity contribution in [3.8, 4) is 11.1 Å². The SMILES string of the molecule is Cn1cc(-c2ccc3nc(C(=O)NC[C@@H]4OC(C)(C)O[C@H]4CN4CCc5ccccc5C4)cn3c2)cn1. The summed E-state index contributed by atoms with van der Waals surface area (Å²) >= 11 is 0. The highest BCUT2D eigenvalue weighted by Crippen LogP contribution is 2.30. The van der Waals surface area contributed by atoms with Crippen LogP contribution < -0.4 is 5.32 Å².